The average Bonchev–Trinajstić information content (AvgIpc) is 2.78. The minimum absolute atomic E-state index is 0.340. The molecule has 0 bridgehead atoms. The van der Waals surface area contributed by atoms with Gasteiger partial charge in [0, 0.05) is 6.61 Å². The molecule has 1 aromatic rings. The second-order valence-corrected chi connectivity index (χ2v) is 4.33. The van der Waals surface area contributed by atoms with Gasteiger partial charge in [0.15, 0.2) is 0 Å². The van der Waals surface area contributed by atoms with Crippen molar-refractivity contribution in [2.24, 2.45) is 5.92 Å². The number of aliphatic hydroxyl groups is 1. The Morgan fingerprint density at radius 2 is 2.00 bits per heavy atom. The molecule has 82 valence electrons. The zero-order valence-corrected chi connectivity index (χ0v) is 9.15. The minimum Gasteiger partial charge on any atom is -0.497 e. The summed E-state index contributed by atoms with van der Waals surface area (Å²) in [7, 11) is 1.69. The fourth-order valence-corrected chi connectivity index (χ4v) is 2.42. The highest BCUT2D eigenvalue weighted by atomic mass is 16.5. The van der Waals surface area contributed by atoms with Crippen LogP contribution in [0.2, 0.25) is 0 Å². The number of methoxy groups -OCH3 is 1. The molecule has 2 nitrogen and oxygen atoms in total. The van der Waals surface area contributed by atoms with E-state index < -0.39 is 0 Å². The van der Waals surface area contributed by atoms with Crippen LogP contribution < -0.4 is 4.74 Å². The predicted octanol–water partition coefficient (Wildman–Crippen LogP) is 2.57. The largest absolute Gasteiger partial charge is 0.497 e. The van der Waals surface area contributed by atoms with Crippen molar-refractivity contribution in [2.45, 2.75) is 25.2 Å². The van der Waals surface area contributed by atoms with Crippen LogP contribution >= 0.6 is 0 Å². The van der Waals surface area contributed by atoms with Crippen LogP contribution in [0, 0.1) is 5.92 Å². The van der Waals surface area contributed by atoms with Crippen molar-refractivity contribution in [2.75, 3.05) is 13.7 Å². The standard InChI is InChI=1S/C13H18O2/c1-15-13-6-4-11(5-7-13)12-3-2-10(8-12)9-14/h4-7,10,12,14H,2-3,8-9H2,1H3. The SMILES string of the molecule is COc1ccc(C2CCC(CO)C2)cc1. The molecule has 2 atom stereocenters. The summed E-state index contributed by atoms with van der Waals surface area (Å²) in [6, 6.07) is 8.32. The molecule has 0 amide bonds. The molecule has 2 unspecified atom stereocenters. The zero-order chi connectivity index (χ0) is 10.7. The highest BCUT2D eigenvalue weighted by molar-refractivity contribution is 5.29. The van der Waals surface area contributed by atoms with E-state index in [0.29, 0.717) is 18.4 Å². The maximum Gasteiger partial charge on any atom is 0.118 e. The van der Waals surface area contributed by atoms with E-state index in [1.807, 2.05) is 12.1 Å². The number of benzene rings is 1. The smallest absolute Gasteiger partial charge is 0.118 e. The lowest BCUT2D eigenvalue weighted by atomic mass is 9.96. The van der Waals surface area contributed by atoms with Gasteiger partial charge in [-0.25, -0.2) is 0 Å². The normalized spacial score (nSPS) is 25.5. The second kappa shape index (κ2) is 4.67. The Morgan fingerprint density at radius 1 is 1.27 bits per heavy atom. The Balaban J connectivity index is 2.04. The highest BCUT2D eigenvalue weighted by Gasteiger charge is 2.24. The second-order valence-electron chi connectivity index (χ2n) is 4.33. The number of hydrogen-bond donors (Lipinski definition) is 1. The van der Waals surface area contributed by atoms with Crippen LogP contribution in [0.4, 0.5) is 0 Å². The quantitative estimate of drug-likeness (QED) is 0.823. The van der Waals surface area contributed by atoms with Crippen molar-refractivity contribution in [3.63, 3.8) is 0 Å². The number of hydrogen-bond acceptors (Lipinski definition) is 2. The summed E-state index contributed by atoms with van der Waals surface area (Å²) < 4.78 is 5.13. The Kier molecular flexibility index (Phi) is 3.27. The summed E-state index contributed by atoms with van der Waals surface area (Å²) in [6.45, 7) is 0.340. The lowest BCUT2D eigenvalue weighted by Gasteiger charge is -2.10. The third-order valence-electron chi connectivity index (χ3n) is 3.39. The van der Waals surface area contributed by atoms with Gasteiger partial charge in [-0.2, -0.15) is 0 Å². The molecule has 0 spiro atoms. The van der Waals surface area contributed by atoms with Crippen LogP contribution in [0.15, 0.2) is 24.3 Å². The van der Waals surface area contributed by atoms with E-state index in [1.165, 1.54) is 12.0 Å². The van der Waals surface area contributed by atoms with Crippen molar-refractivity contribution < 1.29 is 9.84 Å². The monoisotopic (exact) mass is 206 g/mol. The van der Waals surface area contributed by atoms with Crippen LogP contribution in [-0.2, 0) is 0 Å². The van der Waals surface area contributed by atoms with Crippen LogP contribution in [0.1, 0.15) is 30.7 Å². The molecule has 1 N–H and O–H groups in total. The fraction of sp³-hybridized carbons (Fsp3) is 0.538. The summed E-state index contributed by atoms with van der Waals surface area (Å²) in [6.07, 6.45) is 3.49. The van der Waals surface area contributed by atoms with Crippen LogP contribution in [-0.4, -0.2) is 18.8 Å². The van der Waals surface area contributed by atoms with E-state index in [9.17, 15) is 0 Å². The third kappa shape index (κ3) is 2.32. The minimum atomic E-state index is 0.340. The van der Waals surface area contributed by atoms with Gasteiger partial charge in [-0.1, -0.05) is 12.1 Å². The molecule has 1 aliphatic rings. The van der Waals surface area contributed by atoms with Gasteiger partial charge in [0.05, 0.1) is 7.11 Å². The van der Waals surface area contributed by atoms with Crippen molar-refractivity contribution in [3.05, 3.63) is 29.8 Å². The molecule has 1 saturated carbocycles. The van der Waals surface area contributed by atoms with Gasteiger partial charge in [-0.15, -0.1) is 0 Å². The summed E-state index contributed by atoms with van der Waals surface area (Å²) >= 11 is 0. The van der Waals surface area contributed by atoms with Gasteiger partial charge in [0.25, 0.3) is 0 Å². The lowest BCUT2D eigenvalue weighted by molar-refractivity contribution is 0.229. The van der Waals surface area contributed by atoms with E-state index in [-0.39, 0.29) is 0 Å². The molecule has 0 aliphatic heterocycles. The molecule has 1 fully saturated rings. The molecule has 0 radical (unpaired) electrons. The molecule has 0 saturated heterocycles. The van der Waals surface area contributed by atoms with Gasteiger partial charge >= 0.3 is 0 Å². The zero-order valence-electron chi connectivity index (χ0n) is 9.15. The molecular weight excluding hydrogens is 188 g/mol. The summed E-state index contributed by atoms with van der Waals surface area (Å²) in [5.74, 6) is 2.06. The van der Waals surface area contributed by atoms with Crippen molar-refractivity contribution in [3.8, 4) is 5.75 Å². The molecule has 1 aromatic carbocycles. The molecule has 2 heteroatoms. The van der Waals surface area contributed by atoms with Crippen LogP contribution in [0.25, 0.3) is 0 Å². The number of rotatable bonds is 3. The first-order chi connectivity index (χ1) is 7.33. The lowest BCUT2D eigenvalue weighted by Crippen LogP contribution is -2.00. The first-order valence-corrected chi connectivity index (χ1v) is 5.58. The van der Waals surface area contributed by atoms with Crippen molar-refractivity contribution >= 4 is 0 Å². The Hall–Kier alpha value is -1.02. The molecule has 15 heavy (non-hydrogen) atoms. The Bertz CT molecular complexity index is 305. The summed E-state index contributed by atoms with van der Waals surface area (Å²) in [5, 5.41) is 9.09. The molecule has 2 rings (SSSR count). The average molecular weight is 206 g/mol. The van der Waals surface area contributed by atoms with E-state index in [2.05, 4.69) is 12.1 Å². The van der Waals surface area contributed by atoms with Gasteiger partial charge in [0.1, 0.15) is 5.75 Å². The fourth-order valence-electron chi connectivity index (χ4n) is 2.42. The van der Waals surface area contributed by atoms with Gasteiger partial charge in [-0.3, -0.25) is 0 Å². The maximum atomic E-state index is 9.09. The van der Waals surface area contributed by atoms with Crippen LogP contribution in [0.3, 0.4) is 0 Å². The molecular formula is C13H18O2. The van der Waals surface area contributed by atoms with Crippen molar-refractivity contribution in [1.29, 1.82) is 0 Å². The van der Waals surface area contributed by atoms with Gasteiger partial charge in [0.2, 0.25) is 0 Å². The summed E-state index contributed by atoms with van der Waals surface area (Å²) in [4.78, 5) is 0. The third-order valence-corrected chi connectivity index (χ3v) is 3.39. The first-order valence-electron chi connectivity index (χ1n) is 5.58. The van der Waals surface area contributed by atoms with Gasteiger partial charge in [-0.05, 0) is 48.8 Å². The van der Waals surface area contributed by atoms with E-state index in [4.69, 9.17) is 9.84 Å². The molecule has 0 aromatic heterocycles. The topological polar surface area (TPSA) is 29.5 Å². The molecule has 0 heterocycles. The first kappa shape index (κ1) is 10.5. The van der Waals surface area contributed by atoms with E-state index >= 15 is 0 Å². The molecule has 1 aliphatic carbocycles. The predicted molar refractivity (Wildman–Crippen MR) is 60.2 cm³/mol. The van der Waals surface area contributed by atoms with Gasteiger partial charge < -0.3 is 9.84 Å². The number of ether oxygens (including phenoxy) is 1. The summed E-state index contributed by atoms with van der Waals surface area (Å²) in [5.41, 5.74) is 1.38. The van der Waals surface area contributed by atoms with E-state index in [0.717, 1.165) is 18.6 Å². The highest BCUT2D eigenvalue weighted by Crippen LogP contribution is 2.38. The van der Waals surface area contributed by atoms with Crippen LogP contribution in [0.5, 0.6) is 5.75 Å². The van der Waals surface area contributed by atoms with E-state index in [1.54, 1.807) is 7.11 Å². The van der Waals surface area contributed by atoms with Crippen molar-refractivity contribution in [1.82, 2.24) is 0 Å². The maximum absolute atomic E-state index is 9.09. The Morgan fingerprint density at radius 3 is 2.53 bits per heavy atom. The number of aliphatic hydroxyl groups excluding tert-OH is 1. The Labute approximate surface area is 90.9 Å².